The van der Waals surface area contributed by atoms with Crippen molar-refractivity contribution in [3.05, 3.63) is 46.1 Å². The predicted octanol–water partition coefficient (Wildman–Crippen LogP) is 3.02. The Morgan fingerprint density at radius 2 is 2.16 bits per heavy atom. The molecule has 1 aliphatic heterocycles. The van der Waals surface area contributed by atoms with Gasteiger partial charge in [0.15, 0.2) is 5.16 Å². The largest absolute Gasteiger partial charge is 0.497 e. The SMILES string of the molecule is COc1ccc(NC(=O)CSc2nnc3n(C[C@@H]4CCCO4)c(=O)c4sccc4n23)cc1. The lowest BCUT2D eigenvalue weighted by Gasteiger charge is -2.13. The van der Waals surface area contributed by atoms with Crippen LogP contribution in [0, 0.1) is 0 Å². The van der Waals surface area contributed by atoms with Crippen molar-refractivity contribution >= 4 is 50.7 Å². The van der Waals surface area contributed by atoms with Crippen molar-refractivity contribution in [2.24, 2.45) is 0 Å². The van der Waals surface area contributed by atoms with E-state index < -0.39 is 0 Å². The molecule has 1 N–H and O–H groups in total. The Labute approximate surface area is 191 Å². The molecule has 1 saturated heterocycles. The molecule has 0 spiro atoms. The number of hydrogen-bond acceptors (Lipinski definition) is 8. The normalized spacial score (nSPS) is 16.1. The molecule has 1 aliphatic rings. The number of thiophene rings is 1. The maximum atomic E-state index is 13.1. The summed E-state index contributed by atoms with van der Waals surface area (Å²) in [5, 5.41) is 13.9. The highest BCUT2D eigenvalue weighted by Gasteiger charge is 2.22. The summed E-state index contributed by atoms with van der Waals surface area (Å²) < 4.78 is 15.0. The summed E-state index contributed by atoms with van der Waals surface area (Å²) in [6.45, 7) is 1.16. The number of fused-ring (bicyclic) bond motifs is 3. The number of amides is 1. The second-order valence-electron chi connectivity index (χ2n) is 7.37. The first kappa shape index (κ1) is 21.0. The number of hydrogen-bond donors (Lipinski definition) is 1. The van der Waals surface area contributed by atoms with Gasteiger partial charge in [0.25, 0.3) is 5.56 Å². The van der Waals surface area contributed by atoms with Gasteiger partial charge in [-0.15, -0.1) is 21.5 Å². The van der Waals surface area contributed by atoms with Crippen LogP contribution in [0.25, 0.3) is 16.0 Å². The zero-order valence-electron chi connectivity index (χ0n) is 17.3. The number of thioether (sulfide) groups is 1. The second-order valence-corrected chi connectivity index (χ2v) is 9.23. The monoisotopic (exact) mass is 471 g/mol. The van der Waals surface area contributed by atoms with E-state index in [1.165, 1.54) is 23.1 Å². The quantitative estimate of drug-likeness (QED) is 0.414. The number of ether oxygens (including phenoxy) is 2. The van der Waals surface area contributed by atoms with Gasteiger partial charge in [0, 0.05) is 12.3 Å². The van der Waals surface area contributed by atoms with Crippen molar-refractivity contribution in [1.82, 2.24) is 19.2 Å². The Morgan fingerprint density at radius 1 is 1.31 bits per heavy atom. The van der Waals surface area contributed by atoms with Gasteiger partial charge >= 0.3 is 0 Å². The van der Waals surface area contributed by atoms with E-state index in [0.717, 1.165) is 24.1 Å². The van der Waals surface area contributed by atoms with Crippen LogP contribution in [-0.2, 0) is 16.1 Å². The van der Waals surface area contributed by atoms with Crippen molar-refractivity contribution in [1.29, 1.82) is 0 Å². The minimum absolute atomic E-state index is 0.00279. The molecule has 32 heavy (non-hydrogen) atoms. The van der Waals surface area contributed by atoms with Crippen LogP contribution in [0.5, 0.6) is 5.75 Å². The van der Waals surface area contributed by atoms with E-state index in [-0.39, 0.29) is 23.3 Å². The zero-order chi connectivity index (χ0) is 22.1. The molecule has 1 amide bonds. The summed E-state index contributed by atoms with van der Waals surface area (Å²) in [5.74, 6) is 1.19. The first-order chi connectivity index (χ1) is 15.6. The van der Waals surface area contributed by atoms with Crippen molar-refractivity contribution in [3.8, 4) is 5.75 Å². The van der Waals surface area contributed by atoms with Gasteiger partial charge < -0.3 is 14.8 Å². The Bertz CT molecular complexity index is 1320. The van der Waals surface area contributed by atoms with Crippen molar-refractivity contribution in [3.63, 3.8) is 0 Å². The van der Waals surface area contributed by atoms with Crippen LogP contribution >= 0.6 is 23.1 Å². The maximum Gasteiger partial charge on any atom is 0.272 e. The van der Waals surface area contributed by atoms with Crippen LogP contribution in [0.3, 0.4) is 0 Å². The van der Waals surface area contributed by atoms with Gasteiger partial charge in [-0.2, -0.15) is 0 Å². The molecule has 0 unspecified atom stereocenters. The summed E-state index contributed by atoms with van der Waals surface area (Å²) in [5.41, 5.74) is 1.36. The summed E-state index contributed by atoms with van der Waals surface area (Å²) in [6, 6.07) is 9.03. The van der Waals surface area contributed by atoms with E-state index in [9.17, 15) is 9.59 Å². The average Bonchev–Trinajstić information content (AvgIpc) is 3.56. The van der Waals surface area contributed by atoms with Gasteiger partial charge in [0.05, 0.1) is 31.0 Å². The standard InChI is InChI=1S/C21H21N5O4S2/c1-29-14-6-4-13(5-7-14)22-17(27)12-32-21-24-23-20-25(11-15-3-2-9-30-15)19(28)18-16(26(20)21)8-10-31-18/h4-8,10,15H,2-3,9,11-12H2,1H3,(H,22,27)/t15-/m0/s1. The lowest BCUT2D eigenvalue weighted by molar-refractivity contribution is -0.113. The molecule has 166 valence electrons. The Morgan fingerprint density at radius 3 is 2.91 bits per heavy atom. The van der Waals surface area contributed by atoms with E-state index >= 15 is 0 Å². The van der Waals surface area contributed by atoms with Gasteiger partial charge in [0.2, 0.25) is 11.7 Å². The zero-order valence-corrected chi connectivity index (χ0v) is 18.9. The third kappa shape index (κ3) is 3.98. The van der Waals surface area contributed by atoms with Crippen LogP contribution in [0.2, 0.25) is 0 Å². The predicted molar refractivity (Wildman–Crippen MR) is 124 cm³/mol. The highest BCUT2D eigenvalue weighted by molar-refractivity contribution is 7.99. The fourth-order valence-electron chi connectivity index (χ4n) is 3.75. The molecule has 9 nitrogen and oxygen atoms in total. The molecular weight excluding hydrogens is 450 g/mol. The summed E-state index contributed by atoms with van der Waals surface area (Å²) >= 11 is 2.67. The van der Waals surface area contributed by atoms with Gasteiger partial charge in [-0.1, -0.05) is 11.8 Å². The molecule has 1 atom stereocenters. The molecule has 3 aromatic heterocycles. The second kappa shape index (κ2) is 8.93. The minimum atomic E-state index is -0.161. The lowest BCUT2D eigenvalue weighted by Crippen LogP contribution is -2.28. The van der Waals surface area contributed by atoms with Gasteiger partial charge in [-0.25, -0.2) is 0 Å². The smallest absolute Gasteiger partial charge is 0.272 e. The van der Waals surface area contributed by atoms with E-state index in [1.54, 1.807) is 35.9 Å². The highest BCUT2D eigenvalue weighted by atomic mass is 32.2. The number of carbonyl (C=O) groups is 1. The maximum absolute atomic E-state index is 13.1. The van der Waals surface area contributed by atoms with Crippen molar-refractivity contribution in [2.75, 3.05) is 24.8 Å². The average molecular weight is 472 g/mol. The van der Waals surface area contributed by atoms with E-state index in [0.29, 0.717) is 34.5 Å². The fraction of sp³-hybridized carbons (Fsp3) is 0.333. The molecular formula is C21H21N5O4S2. The number of nitrogens with zero attached hydrogens (tertiary/aromatic N) is 4. The number of carbonyl (C=O) groups excluding carboxylic acids is 1. The van der Waals surface area contributed by atoms with E-state index in [2.05, 4.69) is 15.5 Å². The molecule has 0 radical (unpaired) electrons. The third-order valence-corrected chi connectivity index (χ3v) is 7.12. The van der Waals surface area contributed by atoms with Gasteiger partial charge in [-0.3, -0.25) is 18.6 Å². The number of benzene rings is 1. The van der Waals surface area contributed by atoms with Crippen molar-refractivity contribution in [2.45, 2.75) is 30.6 Å². The number of nitrogens with one attached hydrogen (secondary N) is 1. The highest BCUT2D eigenvalue weighted by Crippen LogP contribution is 2.25. The first-order valence-corrected chi connectivity index (χ1v) is 12.0. The minimum Gasteiger partial charge on any atom is -0.497 e. The molecule has 5 rings (SSSR count). The van der Waals surface area contributed by atoms with Crippen molar-refractivity contribution < 1.29 is 14.3 Å². The molecule has 1 fully saturated rings. The Kier molecular flexibility index (Phi) is 5.85. The number of rotatable bonds is 7. The van der Waals surface area contributed by atoms with Crippen LogP contribution in [-0.4, -0.2) is 50.6 Å². The molecule has 0 saturated carbocycles. The molecule has 4 aromatic rings. The fourth-order valence-corrected chi connectivity index (χ4v) is 5.32. The van der Waals surface area contributed by atoms with Gasteiger partial charge in [0.1, 0.15) is 10.4 Å². The molecule has 4 heterocycles. The molecule has 0 bridgehead atoms. The first-order valence-electron chi connectivity index (χ1n) is 10.2. The Balaban J connectivity index is 1.40. The summed E-state index contributed by atoms with van der Waals surface area (Å²) in [6.07, 6.45) is 1.91. The van der Waals surface area contributed by atoms with Crippen LogP contribution in [0.15, 0.2) is 45.7 Å². The van der Waals surface area contributed by atoms with Crippen LogP contribution in [0.4, 0.5) is 5.69 Å². The van der Waals surface area contributed by atoms with Crippen LogP contribution < -0.4 is 15.6 Å². The molecule has 0 aliphatic carbocycles. The molecule has 1 aromatic carbocycles. The van der Waals surface area contributed by atoms with Crippen LogP contribution in [0.1, 0.15) is 12.8 Å². The number of anilines is 1. The number of methoxy groups -OCH3 is 1. The van der Waals surface area contributed by atoms with E-state index in [1.807, 2.05) is 15.8 Å². The number of aromatic nitrogens is 4. The summed E-state index contributed by atoms with van der Waals surface area (Å²) in [4.78, 5) is 25.5. The van der Waals surface area contributed by atoms with Gasteiger partial charge in [-0.05, 0) is 48.6 Å². The molecule has 11 heteroatoms. The Hall–Kier alpha value is -2.89. The lowest BCUT2D eigenvalue weighted by atomic mass is 10.2. The third-order valence-electron chi connectivity index (χ3n) is 5.30. The topological polar surface area (TPSA) is 99.8 Å². The van der Waals surface area contributed by atoms with E-state index in [4.69, 9.17) is 9.47 Å². The summed E-state index contributed by atoms with van der Waals surface area (Å²) in [7, 11) is 1.60.